The third kappa shape index (κ3) is 1.15. The molecule has 0 spiro atoms. The molecule has 1 fully saturated rings. The van der Waals surface area contributed by atoms with Crippen molar-refractivity contribution >= 4 is 5.97 Å². The predicted molar refractivity (Wildman–Crippen MR) is 47.9 cm³/mol. The smallest absolute Gasteiger partial charge is 0.320 e. The van der Waals surface area contributed by atoms with Crippen LogP contribution in [0.1, 0.15) is 17.5 Å². The fourth-order valence-electron chi connectivity index (χ4n) is 1.84. The summed E-state index contributed by atoms with van der Waals surface area (Å²) in [5.41, 5.74) is -1.40. The Bertz CT molecular complexity index is 433. The van der Waals surface area contributed by atoms with Gasteiger partial charge in [0.25, 0.3) is 5.92 Å². The number of carbonyl (C=O) groups is 1. The molecule has 80 valence electrons. The largest absolute Gasteiger partial charge is 0.480 e. The lowest BCUT2D eigenvalue weighted by Gasteiger charge is -2.13. The normalized spacial score (nSPS) is 27.4. The molecule has 15 heavy (non-hydrogen) atoms. The minimum atomic E-state index is -3.16. The van der Waals surface area contributed by atoms with Gasteiger partial charge in [0.15, 0.2) is 5.41 Å². The Morgan fingerprint density at radius 1 is 1.60 bits per heavy atom. The van der Waals surface area contributed by atoms with Gasteiger partial charge in [-0.15, -0.1) is 0 Å². The number of rotatable bonds is 2. The molecule has 1 saturated carbocycles. The standard InChI is InChI=1S/C10H9F2NO2/c1-6-2-3-13-4-7(6)9(8(14)15)5-10(9,11)12/h2-4H,5H2,1H3,(H,14,15). The Kier molecular flexibility index (Phi) is 1.83. The molecule has 1 unspecified atom stereocenters. The van der Waals surface area contributed by atoms with E-state index in [2.05, 4.69) is 4.98 Å². The molecule has 1 atom stereocenters. The zero-order valence-electron chi connectivity index (χ0n) is 8.00. The van der Waals surface area contributed by atoms with Crippen LogP contribution in [0.15, 0.2) is 18.5 Å². The molecule has 2 rings (SSSR count). The average molecular weight is 213 g/mol. The zero-order chi connectivity index (χ0) is 11.3. The molecule has 0 amide bonds. The summed E-state index contributed by atoms with van der Waals surface area (Å²) in [6.45, 7) is 1.61. The fourth-order valence-corrected chi connectivity index (χ4v) is 1.84. The van der Waals surface area contributed by atoms with Crippen LogP contribution in [-0.2, 0) is 10.2 Å². The van der Waals surface area contributed by atoms with E-state index in [-0.39, 0.29) is 5.56 Å². The first kappa shape index (κ1) is 10.0. The van der Waals surface area contributed by atoms with E-state index in [0.717, 1.165) is 0 Å². The summed E-state index contributed by atoms with van der Waals surface area (Å²) in [5, 5.41) is 8.91. The molecular weight excluding hydrogens is 204 g/mol. The molecule has 0 saturated heterocycles. The van der Waals surface area contributed by atoms with E-state index >= 15 is 0 Å². The molecule has 0 aromatic carbocycles. The highest BCUT2D eigenvalue weighted by Gasteiger charge is 2.77. The Labute approximate surface area is 84.8 Å². The Morgan fingerprint density at radius 3 is 2.60 bits per heavy atom. The minimum Gasteiger partial charge on any atom is -0.480 e. The minimum absolute atomic E-state index is 0.113. The number of aryl methyl sites for hydroxylation is 1. The molecule has 1 aromatic rings. The molecule has 3 nitrogen and oxygen atoms in total. The van der Waals surface area contributed by atoms with Gasteiger partial charge in [-0.05, 0) is 24.1 Å². The molecule has 1 aromatic heterocycles. The van der Waals surface area contributed by atoms with Crippen LogP contribution < -0.4 is 0 Å². The number of hydrogen-bond acceptors (Lipinski definition) is 2. The van der Waals surface area contributed by atoms with Crippen LogP contribution in [0.4, 0.5) is 8.78 Å². The maximum atomic E-state index is 13.2. The number of nitrogens with zero attached hydrogens (tertiary/aromatic N) is 1. The van der Waals surface area contributed by atoms with Gasteiger partial charge in [-0.2, -0.15) is 0 Å². The maximum absolute atomic E-state index is 13.2. The maximum Gasteiger partial charge on any atom is 0.320 e. The molecule has 0 aliphatic heterocycles. The third-order valence-corrected chi connectivity index (χ3v) is 2.85. The number of halogens is 2. The second-order valence-electron chi connectivity index (χ2n) is 3.78. The highest BCUT2D eigenvalue weighted by molar-refractivity contribution is 5.88. The van der Waals surface area contributed by atoms with Crippen LogP contribution in [-0.4, -0.2) is 22.0 Å². The van der Waals surface area contributed by atoms with Crippen LogP contribution in [0.5, 0.6) is 0 Å². The second-order valence-corrected chi connectivity index (χ2v) is 3.78. The third-order valence-electron chi connectivity index (χ3n) is 2.85. The van der Waals surface area contributed by atoms with E-state index in [1.807, 2.05) is 0 Å². The van der Waals surface area contributed by atoms with Crippen LogP contribution in [0.3, 0.4) is 0 Å². The summed E-state index contributed by atoms with van der Waals surface area (Å²) in [4.78, 5) is 14.6. The Morgan fingerprint density at radius 2 is 2.20 bits per heavy atom. The van der Waals surface area contributed by atoms with Crippen LogP contribution in [0, 0.1) is 6.92 Å². The van der Waals surface area contributed by atoms with E-state index < -0.39 is 23.7 Å². The van der Waals surface area contributed by atoms with Crippen molar-refractivity contribution < 1.29 is 18.7 Å². The number of pyridine rings is 1. The average Bonchev–Trinajstić information content (AvgIpc) is 2.71. The topological polar surface area (TPSA) is 50.2 Å². The first-order valence-electron chi connectivity index (χ1n) is 4.44. The predicted octanol–water partition coefficient (Wildman–Crippen LogP) is 1.75. The molecule has 5 heteroatoms. The van der Waals surface area contributed by atoms with Crippen LogP contribution in [0.2, 0.25) is 0 Å². The van der Waals surface area contributed by atoms with Crippen molar-refractivity contribution in [3.63, 3.8) is 0 Å². The monoisotopic (exact) mass is 213 g/mol. The van der Waals surface area contributed by atoms with E-state index in [1.54, 1.807) is 6.92 Å². The molecule has 1 aliphatic carbocycles. The van der Waals surface area contributed by atoms with Gasteiger partial charge in [0.1, 0.15) is 0 Å². The SMILES string of the molecule is Cc1ccncc1C1(C(=O)O)CC1(F)F. The quantitative estimate of drug-likeness (QED) is 0.814. The van der Waals surface area contributed by atoms with E-state index in [0.29, 0.717) is 5.56 Å². The molecule has 1 N–H and O–H groups in total. The van der Waals surface area contributed by atoms with Crippen molar-refractivity contribution in [1.82, 2.24) is 4.98 Å². The second kappa shape index (κ2) is 2.74. The van der Waals surface area contributed by atoms with Gasteiger partial charge in [0, 0.05) is 18.8 Å². The van der Waals surface area contributed by atoms with Gasteiger partial charge >= 0.3 is 5.97 Å². The summed E-state index contributed by atoms with van der Waals surface area (Å²) in [6, 6.07) is 1.54. The van der Waals surface area contributed by atoms with Crippen molar-refractivity contribution in [3.05, 3.63) is 29.6 Å². The number of carboxylic acid groups (broad SMARTS) is 1. The van der Waals surface area contributed by atoms with Crippen molar-refractivity contribution in [2.24, 2.45) is 0 Å². The molecular formula is C10H9F2NO2. The molecule has 1 heterocycles. The highest BCUT2D eigenvalue weighted by Crippen LogP contribution is 2.62. The van der Waals surface area contributed by atoms with Gasteiger partial charge in [0.05, 0.1) is 0 Å². The number of aromatic nitrogens is 1. The molecule has 0 bridgehead atoms. The molecule has 0 radical (unpaired) electrons. The number of hydrogen-bond donors (Lipinski definition) is 1. The highest BCUT2D eigenvalue weighted by atomic mass is 19.3. The first-order chi connectivity index (χ1) is 6.92. The Hall–Kier alpha value is -1.52. The number of alkyl halides is 2. The fraction of sp³-hybridized carbons (Fsp3) is 0.400. The van der Waals surface area contributed by atoms with Gasteiger partial charge in [-0.1, -0.05) is 0 Å². The summed E-state index contributed by atoms with van der Waals surface area (Å²) < 4.78 is 26.3. The summed E-state index contributed by atoms with van der Waals surface area (Å²) in [6.07, 6.45) is 2.03. The number of carboxylic acids is 1. The van der Waals surface area contributed by atoms with Gasteiger partial charge in [0.2, 0.25) is 0 Å². The van der Waals surface area contributed by atoms with Gasteiger partial charge in [-0.25, -0.2) is 8.78 Å². The lowest BCUT2D eigenvalue weighted by atomic mass is 9.93. The summed E-state index contributed by atoms with van der Waals surface area (Å²) in [5.74, 6) is -4.64. The van der Waals surface area contributed by atoms with Crippen molar-refractivity contribution in [2.75, 3.05) is 0 Å². The summed E-state index contributed by atoms with van der Waals surface area (Å²) >= 11 is 0. The zero-order valence-corrected chi connectivity index (χ0v) is 8.00. The first-order valence-corrected chi connectivity index (χ1v) is 4.44. The Balaban J connectivity index is 2.55. The van der Waals surface area contributed by atoms with E-state index in [4.69, 9.17) is 5.11 Å². The van der Waals surface area contributed by atoms with Crippen molar-refractivity contribution in [3.8, 4) is 0 Å². The van der Waals surface area contributed by atoms with Gasteiger partial charge in [-0.3, -0.25) is 9.78 Å². The van der Waals surface area contributed by atoms with Crippen molar-refractivity contribution in [1.29, 1.82) is 0 Å². The van der Waals surface area contributed by atoms with Crippen LogP contribution >= 0.6 is 0 Å². The van der Waals surface area contributed by atoms with Crippen LogP contribution in [0.25, 0.3) is 0 Å². The lowest BCUT2D eigenvalue weighted by Crippen LogP contribution is -2.28. The van der Waals surface area contributed by atoms with Crippen molar-refractivity contribution in [2.45, 2.75) is 24.7 Å². The summed E-state index contributed by atoms with van der Waals surface area (Å²) in [7, 11) is 0. The lowest BCUT2D eigenvalue weighted by molar-refractivity contribution is -0.143. The number of aliphatic carboxylic acids is 1. The van der Waals surface area contributed by atoms with E-state index in [1.165, 1.54) is 18.5 Å². The van der Waals surface area contributed by atoms with Gasteiger partial charge < -0.3 is 5.11 Å². The van der Waals surface area contributed by atoms with E-state index in [9.17, 15) is 13.6 Å². The molecule has 1 aliphatic rings.